The lowest BCUT2D eigenvalue weighted by Crippen LogP contribution is -2.21. The standard InChI is InChI=1S/C18H12ClF3N2O3/c19-13-5-4-10(18(20,21)22)8-14(13)24-16(25)9-27-15-3-1-2-12-11(15)6-7-23-17(12)26/h1-8H,9H2,(H,23,26)(H,24,25). The number of rotatable bonds is 4. The normalized spacial score (nSPS) is 11.4. The second-order valence-corrected chi connectivity index (χ2v) is 5.96. The average molecular weight is 397 g/mol. The molecule has 0 aliphatic heterocycles. The zero-order chi connectivity index (χ0) is 19.6. The Kier molecular flexibility index (Phi) is 5.09. The van der Waals surface area contributed by atoms with Crippen LogP contribution in [-0.2, 0) is 11.0 Å². The fourth-order valence-corrected chi connectivity index (χ4v) is 2.61. The van der Waals surface area contributed by atoms with E-state index in [9.17, 15) is 22.8 Å². The molecule has 3 aromatic rings. The number of amides is 1. The summed E-state index contributed by atoms with van der Waals surface area (Å²) in [6.45, 7) is -0.474. The Bertz CT molecular complexity index is 1060. The largest absolute Gasteiger partial charge is 0.483 e. The second kappa shape index (κ2) is 7.32. The molecule has 0 radical (unpaired) electrons. The van der Waals surface area contributed by atoms with Gasteiger partial charge in [0.05, 0.1) is 21.7 Å². The van der Waals surface area contributed by atoms with E-state index in [1.54, 1.807) is 24.3 Å². The molecular formula is C18H12ClF3N2O3. The highest BCUT2D eigenvalue weighted by Gasteiger charge is 2.31. The summed E-state index contributed by atoms with van der Waals surface area (Å²) in [5.74, 6) is -0.401. The summed E-state index contributed by atoms with van der Waals surface area (Å²) in [4.78, 5) is 26.3. The fraction of sp³-hybridized carbons (Fsp3) is 0.111. The minimum atomic E-state index is -4.56. The van der Waals surface area contributed by atoms with Gasteiger partial charge >= 0.3 is 6.18 Å². The molecule has 0 spiro atoms. The number of carbonyl (C=O) groups is 1. The molecule has 0 unspecified atom stereocenters. The number of H-pyrrole nitrogens is 1. The van der Waals surface area contributed by atoms with Gasteiger partial charge in [-0.1, -0.05) is 17.7 Å². The molecule has 2 aromatic carbocycles. The number of ether oxygens (including phenoxy) is 1. The molecule has 0 fully saturated rings. The summed E-state index contributed by atoms with van der Waals surface area (Å²) >= 11 is 5.84. The monoisotopic (exact) mass is 396 g/mol. The maximum Gasteiger partial charge on any atom is 0.416 e. The van der Waals surface area contributed by atoms with Crippen molar-refractivity contribution in [1.29, 1.82) is 0 Å². The van der Waals surface area contributed by atoms with Gasteiger partial charge in [0, 0.05) is 11.6 Å². The first kappa shape index (κ1) is 18.8. The zero-order valence-electron chi connectivity index (χ0n) is 13.6. The smallest absolute Gasteiger partial charge is 0.416 e. The lowest BCUT2D eigenvalue weighted by molar-refractivity contribution is -0.137. The van der Waals surface area contributed by atoms with Crippen molar-refractivity contribution in [2.75, 3.05) is 11.9 Å². The highest BCUT2D eigenvalue weighted by molar-refractivity contribution is 6.33. The molecule has 5 nitrogen and oxygen atoms in total. The highest BCUT2D eigenvalue weighted by Crippen LogP contribution is 2.33. The molecule has 0 aliphatic carbocycles. The number of anilines is 1. The van der Waals surface area contributed by atoms with Crippen molar-refractivity contribution >= 4 is 34.0 Å². The number of pyridine rings is 1. The van der Waals surface area contributed by atoms with Crippen LogP contribution in [0.5, 0.6) is 5.75 Å². The van der Waals surface area contributed by atoms with Gasteiger partial charge in [-0.15, -0.1) is 0 Å². The number of hydrogen-bond donors (Lipinski definition) is 2. The van der Waals surface area contributed by atoms with Crippen LogP contribution in [0.2, 0.25) is 5.02 Å². The number of alkyl halides is 3. The number of aromatic amines is 1. The summed E-state index contributed by atoms with van der Waals surface area (Å²) in [6.07, 6.45) is -3.11. The lowest BCUT2D eigenvalue weighted by atomic mass is 10.1. The van der Waals surface area contributed by atoms with E-state index in [1.807, 2.05) is 0 Å². The first-order valence-electron chi connectivity index (χ1n) is 7.65. The fourth-order valence-electron chi connectivity index (χ4n) is 2.45. The van der Waals surface area contributed by atoms with Crippen LogP contribution < -0.4 is 15.6 Å². The SMILES string of the molecule is O=C(COc1cccc2c(=O)[nH]ccc12)Nc1cc(C(F)(F)F)ccc1Cl. The maximum atomic E-state index is 12.8. The van der Waals surface area contributed by atoms with E-state index in [2.05, 4.69) is 10.3 Å². The van der Waals surface area contributed by atoms with E-state index < -0.39 is 24.3 Å². The van der Waals surface area contributed by atoms with Crippen molar-refractivity contribution in [1.82, 2.24) is 4.98 Å². The zero-order valence-corrected chi connectivity index (χ0v) is 14.3. The van der Waals surface area contributed by atoms with Gasteiger partial charge in [0.25, 0.3) is 11.5 Å². The van der Waals surface area contributed by atoms with E-state index in [-0.39, 0.29) is 16.3 Å². The van der Waals surface area contributed by atoms with Crippen LogP contribution in [0.3, 0.4) is 0 Å². The van der Waals surface area contributed by atoms with Crippen molar-refractivity contribution in [3.63, 3.8) is 0 Å². The molecule has 1 aromatic heterocycles. The minimum Gasteiger partial charge on any atom is -0.483 e. The summed E-state index contributed by atoms with van der Waals surface area (Å²) < 4.78 is 43.8. The number of aromatic nitrogens is 1. The third-order valence-electron chi connectivity index (χ3n) is 3.70. The molecular weight excluding hydrogens is 385 g/mol. The molecule has 0 aliphatic rings. The maximum absolute atomic E-state index is 12.8. The predicted octanol–water partition coefficient (Wildman–Crippen LogP) is 4.22. The third kappa shape index (κ3) is 4.22. The topological polar surface area (TPSA) is 71.2 Å². The van der Waals surface area contributed by atoms with Crippen LogP contribution in [0, 0.1) is 0 Å². The number of fused-ring (bicyclic) bond motifs is 1. The number of nitrogens with one attached hydrogen (secondary N) is 2. The molecule has 2 N–H and O–H groups in total. The Hall–Kier alpha value is -3.00. The molecule has 3 rings (SSSR count). The molecule has 27 heavy (non-hydrogen) atoms. The molecule has 1 amide bonds. The van der Waals surface area contributed by atoms with Gasteiger partial charge in [0.1, 0.15) is 5.75 Å². The van der Waals surface area contributed by atoms with Gasteiger partial charge in [0.2, 0.25) is 0 Å². The van der Waals surface area contributed by atoms with E-state index in [0.29, 0.717) is 16.5 Å². The van der Waals surface area contributed by atoms with Crippen molar-refractivity contribution < 1.29 is 22.7 Å². The van der Waals surface area contributed by atoms with Gasteiger partial charge in [0.15, 0.2) is 6.61 Å². The van der Waals surface area contributed by atoms with Crippen LogP contribution in [0.4, 0.5) is 18.9 Å². The Balaban J connectivity index is 1.75. The van der Waals surface area contributed by atoms with Gasteiger partial charge in [-0.05, 0) is 36.4 Å². The Labute approximate surface area is 155 Å². The molecule has 0 saturated heterocycles. The van der Waals surface area contributed by atoms with E-state index in [0.717, 1.165) is 18.2 Å². The third-order valence-corrected chi connectivity index (χ3v) is 4.03. The lowest BCUT2D eigenvalue weighted by Gasteiger charge is -2.12. The Morgan fingerprint density at radius 3 is 2.67 bits per heavy atom. The van der Waals surface area contributed by atoms with Gasteiger partial charge < -0.3 is 15.0 Å². The van der Waals surface area contributed by atoms with Crippen LogP contribution in [0.15, 0.2) is 53.5 Å². The molecule has 0 saturated carbocycles. The summed E-state index contributed by atoms with van der Waals surface area (Å²) in [5.41, 5.74) is -1.41. The quantitative estimate of drug-likeness (QED) is 0.693. The van der Waals surface area contributed by atoms with Gasteiger partial charge in [-0.3, -0.25) is 9.59 Å². The van der Waals surface area contributed by atoms with Crippen LogP contribution in [0.25, 0.3) is 10.8 Å². The van der Waals surface area contributed by atoms with E-state index >= 15 is 0 Å². The van der Waals surface area contributed by atoms with E-state index in [4.69, 9.17) is 16.3 Å². The molecule has 9 heteroatoms. The molecule has 0 bridgehead atoms. The molecule has 1 heterocycles. The van der Waals surface area contributed by atoms with Crippen molar-refractivity contribution in [3.05, 3.63) is 69.6 Å². The highest BCUT2D eigenvalue weighted by atomic mass is 35.5. The van der Waals surface area contributed by atoms with Crippen molar-refractivity contribution in [3.8, 4) is 5.75 Å². The first-order chi connectivity index (χ1) is 12.8. The van der Waals surface area contributed by atoms with Crippen LogP contribution >= 0.6 is 11.6 Å². The van der Waals surface area contributed by atoms with Crippen LogP contribution in [0.1, 0.15) is 5.56 Å². The van der Waals surface area contributed by atoms with Gasteiger partial charge in [-0.25, -0.2) is 0 Å². The Morgan fingerprint density at radius 2 is 1.93 bits per heavy atom. The summed E-state index contributed by atoms with van der Waals surface area (Å²) in [7, 11) is 0. The van der Waals surface area contributed by atoms with Crippen molar-refractivity contribution in [2.24, 2.45) is 0 Å². The van der Waals surface area contributed by atoms with E-state index in [1.165, 1.54) is 6.20 Å². The van der Waals surface area contributed by atoms with Crippen LogP contribution in [-0.4, -0.2) is 17.5 Å². The summed E-state index contributed by atoms with van der Waals surface area (Å²) in [5, 5.41) is 3.15. The number of benzene rings is 2. The summed E-state index contributed by atoms with van der Waals surface area (Å²) in [6, 6.07) is 9.01. The predicted molar refractivity (Wildman–Crippen MR) is 95.1 cm³/mol. The minimum absolute atomic E-state index is 0.0342. The average Bonchev–Trinajstić information content (AvgIpc) is 2.61. The van der Waals surface area contributed by atoms with Crippen molar-refractivity contribution in [2.45, 2.75) is 6.18 Å². The molecule has 0 atom stereocenters. The van der Waals surface area contributed by atoms with Gasteiger partial charge in [-0.2, -0.15) is 13.2 Å². The number of halogens is 4. The number of hydrogen-bond acceptors (Lipinski definition) is 3. The Morgan fingerprint density at radius 1 is 1.15 bits per heavy atom. The first-order valence-corrected chi connectivity index (χ1v) is 8.03. The number of carbonyl (C=O) groups excluding carboxylic acids is 1. The second-order valence-electron chi connectivity index (χ2n) is 5.55. The molecule has 140 valence electrons.